The number of anilines is 1. The lowest BCUT2D eigenvalue weighted by molar-refractivity contribution is 0.413. The number of nitrogens with two attached hydrogens (primary N) is 1. The van der Waals surface area contributed by atoms with E-state index in [1.165, 1.54) is 13.2 Å². The van der Waals surface area contributed by atoms with E-state index in [0.29, 0.717) is 11.3 Å². The van der Waals surface area contributed by atoms with Crippen molar-refractivity contribution in [2.75, 3.05) is 12.8 Å². The fourth-order valence-corrected chi connectivity index (χ4v) is 1.40. The maximum Gasteiger partial charge on any atom is 0.219 e. The van der Waals surface area contributed by atoms with Crippen molar-refractivity contribution in [2.24, 2.45) is 0 Å². The van der Waals surface area contributed by atoms with Gasteiger partial charge in [-0.05, 0) is 18.2 Å². The van der Waals surface area contributed by atoms with E-state index in [1.807, 2.05) is 0 Å². The topological polar surface area (TPSA) is 61.0 Å². The quantitative estimate of drug-likeness (QED) is 0.901. The Morgan fingerprint density at radius 2 is 1.94 bits per heavy atom. The third-order valence-electron chi connectivity index (χ3n) is 2.35. The summed E-state index contributed by atoms with van der Waals surface area (Å²) in [5.41, 5.74) is 6.55. The monoisotopic (exact) mass is 245 g/mol. The van der Waals surface area contributed by atoms with Gasteiger partial charge in [-0.15, -0.1) is 0 Å². The van der Waals surface area contributed by atoms with E-state index >= 15 is 0 Å². The molecule has 0 saturated carbocycles. The van der Waals surface area contributed by atoms with Gasteiger partial charge in [0.1, 0.15) is 11.6 Å². The van der Waals surface area contributed by atoms with E-state index in [9.17, 15) is 4.39 Å². The average molecular weight is 245 g/mol. The van der Waals surface area contributed by atoms with Gasteiger partial charge < -0.3 is 10.5 Å². The molecule has 1 aromatic carbocycles. The Morgan fingerprint density at radius 3 is 2.61 bits per heavy atom. The minimum atomic E-state index is -0.316. The minimum absolute atomic E-state index is 0.208. The highest BCUT2D eigenvalue weighted by Gasteiger charge is 2.00. The number of benzene rings is 1. The summed E-state index contributed by atoms with van der Waals surface area (Å²) in [6.07, 6.45) is 6.47. The van der Waals surface area contributed by atoms with E-state index in [4.69, 9.17) is 10.5 Å². The van der Waals surface area contributed by atoms with Gasteiger partial charge >= 0.3 is 0 Å². The molecule has 0 bridgehead atoms. The van der Waals surface area contributed by atoms with Gasteiger partial charge in [0, 0.05) is 23.5 Å². The van der Waals surface area contributed by atoms with Crippen LogP contribution in [0.3, 0.4) is 0 Å². The third-order valence-corrected chi connectivity index (χ3v) is 2.35. The molecule has 0 amide bonds. The van der Waals surface area contributed by atoms with Gasteiger partial charge in [0.15, 0.2) is 0 Å². The van der Waals surface area contributed by atoms with Crippen LogP contribution in [0.15, 0.2) is 30.6 Å². The molecule has 0 saturated heterocycles. The second-order valence-electron chi connectivity index (χ2n) is 3.60. The van der Waals surface area contributed by atoms with Gasteiger partial charge in [-0.1, -0.05) is 12.2 Å². The zero-order valence-corrected chi connectivity index (χ0v) is 9.80. The first-order valence-electron chi connectivity index (χ1n) is 5.28. The number of hydrogen-bond acceptors (Lipinski definition) is 4. The van der Waals surface area contributed by atoms with E-state index < -0.39 is 0 Å². The predicted octanol–water partition coefficient (Wildman–Crippen LogP) is 2.38. The highest BCUT2D eigenvalue weighted by Crippen LogP contribution is 2.18. The first kappa shape index (κ1) is 12.0. The number of ether oxygens (including phenoxy) is 1. The van der Waals surface area contributed by atoms with Crippen LogP contribution in [-0.2, 0) is 0 Å². The van der Waals surface area contributed by atoms with Gasteiger partial charge in [-0.2, -0.15) is 0 Å². The molecule has 0 atom stereocenters. The molecule has 0 spiro atoms. The summed E-state index contributed by atoms with van der Waals surface area (Å²) in [6, 6.07) is 4.54. The van der Waals surface area contributed by atoms with Crippen molar-refractivity contribution in [1.29, 1.82) is 0 Å². The lowest BCUT2D eigenvalue weighted by Gasteiger charge is -2.02. The summed E-state index contributed by atoms with van der Waals surface area (Å²) < 4.78 is 18.6. The molecular weight excluding hydrogens is 233 g/mol. The molecule has 0 radical (unpaired) electrons. The summed E-state index contributed by atoms with van der Waals surface area (Å²) in [5, 5.41) is 0. The van der Waals surface area contributed by atoms with Crippen LogP contribution in [0.2, 0.25) is 0 Å². The lowest BCUT2D eigenvalue weighted by Crippen LogP contribution is -1.93. The molecule has 2 aromatic rings. The van der Waals surface area contributed by atoms with E-state index in [1.54, 1.807) is 36.7 Å². The standard InChI is InChI=1S/C13H12FN3O/c1-18-11-4-5-12(14)10(6-11)3-2-9-7-16-13(15)17-8-9/h2-8H,1H3,(H2,15,16,17). The van der Waals surface area contributed by atoms with Gasteiger partial charge in [0.2, 0.25) is 5.95 Å². The fourth-order valence-electron chi connectivity index (χ4n) is 1.40. The summed E-state index contributed by atoms with van der Waals surface area (Å²) >= 11 is 0. The van der Waals surface area contributed by atoms with Crippen LogP contribution < -0.4 is 10.5 Å². The number of methoxy groups -OCH3 is 1. The van der Waals surface area contributed by atoms with Crippen LogP contribution in [0.25, 0.3) is 12.2 Å². The second kappa shape index (κ2) is 5.27. The molecule has 1 aromatic heterocycles. The molecule has 2 N–H and O–H groups in total. The molecule has 0 aliphatic rings. The highest BCUT2D eigenvalue weighted by atomic mass is 19.1. The smallest absolute Gasteiger partial charge is 0.219 e. The summed E-state index contributed by atoms with van der Waals surface area (Å²) in [4.78, 5) is 7.69. The number of nitrogen functional groups attached to an aromatic ring is 1. The fraction of sp³-hybridized carbons (Fsp3) is 0.0769. The van der Waals surface area contributed by atoms with Crippen molar-refractivity contribution in [2.45, 2.75) is 0 Å². The Labute approximate surface area is 104 Å². The Morgan fingerprint density at radius 1 is 1.22 bits per heavy atom. The van der Waals surface area contributed by atoms with Crippen molar-refractivity contribution >= 4 is 18.1 Å². The Hall–Kier alpha value is -2.43. The van der Waals surface area contributed by atoms with E-state index in [-0.39, 0.29) is 11.8 Å². The zero-order valence-electron chi connectivity index (χ0n) is 9.80. The van der Waals surface area contributed by atoms with Gasteiger partial charge in [0.25, 0.3) is 0 Å². The Bertz CT molecular complexity index is 567. The first-order valence-corrected chi connectivity index (χ1v) is 5.28. The minimum Gasteiger partial charge on any atom is -0.497 e. The molecule has 0 fully saturated rings. The molecule has 0 aliphatic heterocycles. The van der Waals surface area contributed by atoms with Crippen LogP contribution in [0.5, 0.6) is 5.75 Å². The molecular formula is C13H12FN3O. The number of aromatic nitrogens is 2. The average Bonchev–Trinajstić information content (AvgIpc) is 2.40. The van der Waals surface area contributed by atoms with Gasteiger partial charge in [0.05, 0.1) is 7.11 Å². The summed E-state index contributed by atoms with van der Waals surface area (Å²) in [5.74, 6) is 0.493. The Kier molecular flexibility index (Phi) is 3.52. The number of nitrogens with zero attached hydrogens (tertiary/aromatic N) is 2. The van der Waals surface area contributed by atoms with Gasteiger partial charge in [-0.3, -0.25) is 0 Å². The number of hydrogen-bond donors (Lipinski definition) is 1. The normalized spacial score (nSPS) is 10.8. The van der Waals surface area contributed by atoms with Crippen LogP contribution in [0.4, 0.5) is 10.3 Å². The van der Waals surface area contributed by atoms with Crippen molar-refractivity contribution < 1.29 is 9.13 Å². The highest BCUT2D eigenvalue weighted by molar-refractivity contribution is 5.69. The van der Waals surface area contributed by atoms with E-state index in [2.05, 4.69) is 9.97 Å². The van der Waals surface area contributed by atoms with E-state index in [0.717, 1.165) is 5.56 Å². The lowest BCUT2D eigenvalue weighted by atomic mass is 10.1. The van der Waals surface area contributed by atoms with Crippen LogP contribution in [-0.4, -0.2) is 17.1 Å². The van der Waals surface area contributed by atoms with Crippen molar-refractivity contribution in [3.63, 3.8) is 0 Å². The van der Waals surface area contributed by atoms with Crippen molar-refractivity contribution in [3.05, 3.63) is 47.5 Å². The maximum absolute atomic E-state index is 13.5. The van der Waals surface area contributed by atoms with Crippen LogP contribution in [0, 0.1) is 5.82 Å². The molecule has 4 nitrogen and oxygen atoms in total. The molecule has 18 heavy (non-hydrogen) atoms. The third kappa shape index (κ3) is 2.82. The first-order chi connectivity index (χ1) is 8.69. The van der Waals surface area contributed by atoms with Crippen LogP contribution in [0.1, 0.15) is 11.1 Å². The predicted molar refractivity (Wildman–Crippen MR) is 68.3 cm³/mol. The second-order valence-corrected chi connectivity index (χ2v) is 3.60. The Balaban J connectivity index is 2.25. The summed E-state index contributed by atoms with van der Waals surface area (Å²) in [7, 11) is 1.54. The van der Waals surface area contributed by atoms with Crippen LogP contribution >= 0.6 is 0 Å². The van der Waals surface area contributed by atoms with Crippen molar-refractivity contribution in [3.8, 4) is 5.75 Å². The molecule has 0 aliphatic carbocycles. The number of halogens is 1. The largest absolute Gasteiger partial charge is 0.497 e. The molecule has 5 heteroatoms. The summed E-state index contributed by atoms with van der Waals surface area (Å²) in [6.45, 7) is 0. The zero-order chi connectivity index (χ0) is 13.0. The molecule has 2 rings (SSSR count). The molecule has 1 heterocycles. The van der Waals surface area contributed by atoms with Crippen molar-refractivity contribution in [1.82, 2.24) is 9.97 Å². The number of rotatable bonds is 3. The molecule has 92 valence electrons. The molecule has 0 unspecified atom stereocenters. The SMILES string of the molecule is COc1ccc(F)c(C=Cc2cnc(N)nc2)c1. The van der Waals surface area contributed by atoms with Gasteiger partial charge in [-0.25, -0.2) is 14.4 Å². The maximum atomic E-state index is 13.5.